The van der Waals surface area contributed by atoms with Crippen LogP contribution in [-0.2, 0) is 0 Å². The Labute approximate surface area is 94.0 Å². The highest BCUT2D eigenvalue weighted by atomic mass is 32.1. The molecule has 1 aromatic rings. The van der Waals surface area contributed by atoms with Crippen molar-refractivity contribution in [3.05, 3.63) is 29.8 Å². The molecule has 0 aliphatic rings. The van der Waals surface area contributed by atoms with Crippen molar-refractivity contribution in [2.45, 2.75) is 6.92 Å². The van der Waals surface area contributed by atoms with E-state index in [9.17, 15) is 5.11 Å². The summed E-state index contributed by atoms with van der Waals surface area (Å²) in [6.07, 6.45) is 0. The summed E-state index contributed by atoms with van der Waals surface area (Å²) < 4.78 is 0. The van der Waals surface area contributed by atoms with Crippen LogP contribution in [0.2, 0.25) is 0 Å². The number of hydrazone groups is 1. The maximum atomic E-state index is 9.29. The Morgan fingerprint density at radius 3 is 2.73 bits per heavy atom. The Morgan fingerprint density at radius 1 is 1.53 bits per heavy atom. The van der Waals surface area contributed by atoms with Crippen LogP contribution in [0, 0.1) is 0 Å². The quantitative estimate of drug-likeness (QED) is 0.450. The van der Waals surface area contributed by atoms with Gasteiger partial charge >= 0.3 is 0 Å². The topological polar surface area (TPSA) is 61.8 Å². The monoisotopic (exact) mass is 223 g/mol. The molecule has 0 fully saturated rings. The van der Waals surface area contributed by atoms with Crippen LogP contribution >= 0.6 is 12.2 Å². The van der Waals surface area contributed by atoms with Gasteiger partial charge in [0.2, 0.25) is 0 Å². The maximum absolute atomic E-state index is 9.29. The van der Waals surface area contributed by atoms with Gasteiger partial charge in [-0.2, -0.15) is 5.10 Å². The van der Waals surface area contributed by atoms with Gasteiger partial charge in [-0.1, -0.05) is 12.1 Å². The van der Waals surface area contributed by atoms with E-state index in [1.807, 2.05) is 13.0 Å². The van der Waals surface area contributed by atoms with Crippen LogP contribution < -0.4 is 5.73 Å². The van der Waals surface area contributed by atoms with Gasteiger partial charge in [0, 0.05) is 12.6 Å². The Kier molecular flexibility index (Phi) is 3.62. The smallest absolute Gasteiger partial charge is 0.186 e. The number of hydrogen-bond acceptors (Lipinski definition) is 3. The second-order valence-corrected chi connectivity index (χ2v) is 3.52. The van der Waals surface area contributed by atoms with Crippen molar-refractivity contribution in [3.8, 4) is 5.75 Å². The highest BCUT2D eigenvalue weighted by molar-refractivity contribution is 7.80. The molecule has 3 N–H and O–H groups in total. The van der Waals surface area contributed by atoms with Crippen molar-refractivity contribution in [3.63, 3.8) is 0 Å². The third-order valence-corrected chi connectivity index (χ3v) is 2.15. The molecule has 15 heavy (non-hydrogen) atoms. The van der Waals surface area contributed by atoms with Gasteiger partial charge < -0.3 is 10.8 Å². The van der Waals surface area contributed by atoms with Gasteiger partial charge in [0.05, 0.1) is 5.71 Å². The lowest BCUT2D eigenvalue weighted by atomic mass is 10.1. The Morgan fingerprint density at radius 2 is 2.20 bits per heavy atom. The molecule has 0 saturated heterocycles. The van der Waals surface area contributed by atoms with E-state index >= 15 is 0 Å². The SMILES string of the molecule is C/C(=N/N(C)C(N)=S)c1cccc(O)c1. The fourth-order valence-corrected chi connectivity index (χ4v) is 1.10. The second-order valence-electron chi connectivity index (χ2n) is 3.10. The zero-order valence-electron chi connectivity index (χ0n) is 8.64. The molecule has 0 radical (unpaired) electrons. The van der Waals surface area contributed by atoms with Gasteiger partial charge in [0.1, 0.15) is 5.75 Å². The molecular weight excluding hydrogens is 210 g/mol. The van der Waals surface area contributed by atoms with E-state index in [1.54, 1.807) is 25.2 Å². The van der Waals surface area contributed by atoms with Gasteiger partial charge in [-0.15, -0.1) is 0 Å². The first kappa shape index (κ1) is 11.5. The number of nitrogens with zero attached hydrogens (tertiary/aromatic N) is 2. The highest BCUT2D eigenvalue weighted by Gasteiger charge is 2.01. The van der Waals surface area contributed by atoms with E-state index in [2.05, 4.69) is 5.10 Å². The molecule has 0 amide bonds. The number of nitrogens with two attached hydrogens (primary N) is 1. The molecule has 1 rings (SSSR count). The zero-order valence-corrected chi connectivity index (χ0v) is 9.45. The van der Waals surface area contributed by atoms with Crippen LogP contribution in [0.15, 0.2) is 29.4 Å². The highest BCUT2D eigenvalue weighted by Crippen LogP contribution is 2.11. The van der Waals surface area contributed by atoms with Crippen molar-refractivity contribution >= 4 is 23.0 Å². The third kappa shape index (κ3) is 3.21. The lowest BCUT2D eigenvalue weighted by Gasteiger charge is -2.11. The van der Waals surface area contributed by atoms with Crippen LogP contribution in [0.1, 0.15) is 12.5 Å². The maximum Gasteiger partial charge on any atom is 0.186 e. The van der Waals surface area contributed by atoms with Crippen molar-refractivity contribution in [2.75, 3.05) is 7.05 Å². The molecular formula is C10H13N3OS. The largest absolute Gasteiger partial charge is 0.508 e. The summed E-state index contributed by atoms with van der Waals surface area (Å²) in [6.45, 7) is 1.82. The Hall–Kier alpha value is -1.62. The van der Waals surface area contributed by atoms with Gasteiger partial charge in [-0.05, 0) is 31.3 Å². The average Bonchev–Trinajstić information content (AvgIpc) is 2.17. The first-order valence-electron chi connectivity index (χ1n) is 4.38. The van der Waals surface area contributed by atoms with Crippen molar-refractivity contribution in [1.29, 1.82) is 0 Å². The van der Waals surface area contributed by atoms with Gasteiger partial charge in [-0.25, -0.2) is 5.01 Å². The van der Waals surface area contributed by atoms with Gasteiger partial charge in [-0.3, -0.25) is 0 Å². The lowest BCUT2D eigenvalue weighted by Crippen LogP contribution is -2.28. The van der Waals surface area contributed by atoms with Crippen LogP contribution in [-0.4, -0.2) is 28.0 Å². The second kappa shape index (κ2) is 4.75. The van der Waals surface area contributed by atoms with Crippen molar-refractivity contribution in [2.24, 2.45) is 10.8 Å². The van der Waals surface area contributed by atoms with E-state index in [0.29, 0.717) is 0 Å². The molecule has 0 heterocycles. The summed E-state index contributed by atoms with van der Waals surface area (Å²) in [6, 6.07) is 6.84. The Balaban J connectivity index is 2.93. The van der Waals surface area contributed by atoms with E-state index in [-0.39, 0.29) is 10.9 Å². The molecule has 0 bridgehead atoms. The predicted molar refractivity (Wildman–Crippen MR) is 64.9 cm³/mol. The van der Waals surface area contributed by atoms with E-state index in [1.165, 1.54) is 5.01 Å². The fourth-order valence-electron chi connectivity index (χ4n) is 1.06. The molecule has 0 spiro atoms. The van der Waals surface area contributed by atoms with Crippen molar-refractivity contribution < 1.29 is 5.11 Å². The normalized spacial score (nSPS) is 11.2. The van der Waals surface area contributed by atoms with Gasteiger partial charge in [0.25, 0.3) is 0 Å². The molecule has 0 aromatic heterocycles. The van der Waals surface area contributed by atoms with E-state index in [4.69, 9.17) is 18.0 Å². The number of thiocarbonyl (C=S) groups is 1. The van der Waals surface area contributed by atoms with E-state index in [0.717, 1.165) is 11.3 Å². The number of benzene rings is 1. The standard InChI is InChI=1S/C10H13N3OS/c1-7(12-13(2)10(11)15)8-4-3-5-9(14)6-8/h3-6,14H,1-2H3,(H2,11,15)/b12-7-. The number of hydrogen-bond donors (Lipinski definition) is 2. The zero-order chi connectivity index (χ0) is 11.4. The fraction of sp³-hybridized carbons (Fsp3) is 0.200. The molecule has 0 unspecified atom stereocenters. The molecule has 5 heteroatoms. The molecule has 0 aliphatic heterocycles. The minimum Gasteiger partial charge on any atom is -0.508 e. The van der Waals surface area contributed by atoms with Crippen LogP contribution in [0.3, 0.4) is 0 Å². The number of rotatable bonds is 2. The molecule has 4 nitrogen and oxygen atoms in total. The summed E-state index contributed by atoms with van der Waals surface area (Å²) >= 11 is 4.76. The van der Waals surface area contributed by atoms with Crippen molar-refractivity contribution in [1.82, 2.24) is 5.01 Å². The van der Waals surface area contributed by atoms with Crippen LogP contribution in [0.4, 0.5) is 0 Å². The molecule has 1 aromatic carbocycles. The summed E-state index contributed by atoms with van der Waals surface area (Å²) in [5.74, 6) is 0.208. The average molecular weight is 223 g/mol. The van der Waals surface area contributed by atoms with Crippen LogP contribution in [0.5, 0.6) is 5.75 Å². The first-order valence-corrected chi connectivity index (χ1v) is 4.79. The number of phenols is 1. The Bertz CT molecular complexity index is 403. The molecule has 0 saturated carbocycles. The summed E-state index contributed by atoms with van der Waals surface area (Å²) in [5.41, 5.74) is 6.96. The first-order chi connectivity index (χ1) is 7.00. The molecule has 0 atom stereocenters. The van der Waals surface area contributed by atoms with Crippen LogP contribution in [0.25, 0.3) is 0 Å². The number of aromatic hydroxyl groups is 1. The van der Waals surface area contributed by atoms with Gasteiger partial charge in [0.15, 0.2) is 5.11 Å². The predicted octanol–water partition coefficient (Wildman–Crippen LogP) is 1.29. The summed E-state index contributed by atoms with van der Waals surface area (Å²) in [4.78, 5) is 0. The molecule has 80 valence electrons. The summed E-state index contributed by atoms with van der Waals surface area (Å²) in [7, 11) is 1.68. The molecule has 0 aliphatic carbocycles. The lowest BCUT2D eigenvalue weighted by molar-refractivity contribution is 0.475. The minimum absolute atomic E-state index is 0.203. The van der Waals surface area contributed by atoms with E-state index < -0.39 is 0 Å². The third-order valence-electron chi connectivity index (χ3n) is 1.88. The minimum atomic E-state index is 0.203. The summed E-state index contributed by atoms with van der Waals surface area (Å²) in [5, 5.41) is 15.1. The number of phenolic OH excluding ortho intramolecular Hbond substituents is 1.